The van der Waals surface area contributed by atoms with Gasteiger partial charge < -0.3 is 10.0 Å². The molecule has 1 aliphatic rings. The van der Waals surface area contributed by atoms with Crippen LogP contribution in [0.3, 0.4) is 0 Å². The van der Waals surface area contributed by atoms with E-state index < -0.39 is 12.0 Å². The molecule has 1 aliphatic heterocycles. The van der Waals surface area contributed by atoms with E-state index in [1.54, 1.807) is 10.8 Å². The molecule has 1 atom stereocenters. The second-order valence-corrected chi connectivity index (χ2v) is 10.7. The van der Waals surface area contributed by atoms with Gasteiger partial charge in [0.25, 0.3) is 0 Å². The summed E-state index contributed by atoms with van der Waals surface area (Å²) in [4.78, 5) is 13.5. The predicted octanol–water partition coefficient (Wildman–Crippen LogP) is 7.45. The van der Waals surface area contributed by atoms with Gasteiger partial charge in [-0.15, -0.1) is 0 Å². The van der Waals surface area contributed by atoms with Crippen molar-refractivity contribution in [2.45, 2.75) is 103 Å². The molecule has 0 aliphatic carbocycles. The van der Waals surface area contributed by atoms with Crippen LogP contribution in [0.25, 0.3) is 0 Å². The van der Waals surface area contributed by atoms with Crippen LogP contribution in [-0.4, -0.2) is 40.9 Å². The molecule has 0 amide bonds. The summed E-state index contributed by atoms with van der Waals surface area (Å²) in [6.45, 7) is 4.28. The van der Waals surface area contributed by atoms with Crippen LogP contribution in [0.2, 0.25) is 0 Å². The maximum Gasteiger partial charge on any atom is 0.322 e. The number of carbonyl (C=O) groups is 1. The SMILES string of the molecule is CCCCCCCCCCCCCCCCN1CC=CC=C1SSN[C@@H](CS)C(=O)O. The smallest absolute Gasteiger partial charge is 0.322 e. The number of carboxylic acid groups (broad SMARTS) is 1. The Labute approximate surface area is 204 Å². The van der Waals surface area contributed by atoms with E-state index in [0.29, 0.717) is 0 Å². The summed E-state index contributed by atoms with van der Waals surface area (Å²) in [5.41, 5.74) is 0. The minimum atomic E-state index is -0.861. The largest absolute Gasteiger partial charge is 0.480 e. The first-order valence-electron chi connectivity index (χ1n) is 12.2. The molecule has 0 aromatic carbocycles. The number of nitrogens with zero attached hydrogens (tertiary/aromatic N) is 1. The molecule has 180 valence electrons. The van der Waals surface area contributed by atoms with Crippen molar-refractivity contribution in [3.63, 3.8) is 0 Å². The highest BCUT2D eigenvalue weighted by Gasteiger charge is 2.17. The topological polar surface area (TPSA) is 52.6 Å². The Morgan fingerprint density at radius 1 is 1.03 bits per heavy atom. The Morgan fingerprint density at radius 3 is 2.10 bits per heavy atom. The quantitative estimate of drug-likeness (QED) is 0.0675. The van der Waals surface area contributed by atoms with Crippen molar-refractivity contribution in [1.29, 1.82) is 0 Å². The zero-order chi connectivity index (χ0) is 22.6. The van der Waals surface area contributed by atoms with Crippen molar-refractivity contribution >= 4 is 40.4 Å². The molecule has 1 rings (SSSR count). The van der Waals surface area contributed by atoms with E-state index in [1.807, 2.05) is 0 Å². The van der Waals surface area contributed by atoms with E-state index in [2.05, 4.69) is 47.4 Å². The van der Waals surface area contributed by atoms with Crippen LogP contribution >= 0.6 is 34.4 Å². The molecule has 1 heterocycles. The summed E-state index contributed by atoms with van der Waals surface area (Å²) in [5, 5.41) is 10.3. The average molecular weight is 489 g/mol. The minimum Gasteiger partial charge on any atom is -0.480 e. The van der Waals surface area contributed by atoms with E-state index in [0.717, 1.165) is 13.1 Å². The first kappa shape index (κ1) is 28.8. The lowest BCUT2D eigenvalue weighted by Crippen LogP contribution is -2.33. The zero-order valence-corrected chi connectivity index (χ0v) is 21.9. The number of unbranched alkanes of at least 4 members (excludes halogenated alkanes) is 13. The number of carboxylic acids is 1. The molecule has 0 saturated carbocycles. The van der Waals surface area contributed by atoms with Gasteiger partial charge in [-0.05, 0) is 34.3 Å². The highest BCUT2D eigenvalue weighted by atomic mass is 33.1. The molecule has 0 radical (unpaired) electrons. The summed E-state index contributed by atoms with van der Waals surface area (Å²) in [6.07, 6.45) is 25.7. The Bertz CT molecular complexity index is 515. The molecular formula is C24H44N2O2S3. The second kappa shape index (κ2) is 20.4. The van der Waals surface area contributed by atoms with Gasteiger partial charge in [-0.25, -0.2) is 4.72 Å². The summed E-state index contributed by atoms with van der Waals surface area (Å²) in [5.74, 6) is -0.579. The van der Waals surface area contributed by atoms with Crippen molar-refractivity contribution in [2.75, 3.05) is 18.8 Å². The average Bonchev–Trinajstić information content (AvgIpc) is 2.77. The fourth-order valence-corrected chi connectivity index (χ4v) is 6.05. The van der Waals surface area contributed by atoms with Gasteiger partial charge in [0.15, 0.2) is 0 Å². The van der Waals surface area contributed by atoms with Crippen LogP contribution in [0.1, 0.15) is 96.8 Å². The molecule has 31 heavy (non-hydrogen) atoms. The molecule has 0 fully saturated rings. The standard InChI is InChI=1S/C24H44N2O2S3/c1-2-3-4-5-6-7-8-9-10-11-12-13-14-16-19-26-20-17-15-18-23(26)30-31-25-22(21-29)24(27)28/h15,17-18,22,25,29H,2-14,16,19-21H2,1H3,(H,27,28)/t22-/m0/s1. The fourth-order valence-electron chi connectivity index (χ4n) is 3.60. The molecular weight excluding hydrogens is 444 g/mol. The number of rotatable bonds is 21. The summed E-state index contributed by atoms with van der Waals surface area (Å²) in [7, 11) is 2.98. The number of allylic oxidation sites excluding steroid dienone is 2. The van der Waals surface area contributed by atoms with Crippen LogP contribution in [0.5, 0.6) is 0 Å². The molecule has 0 unspecified atom stereocenters. The number of aliphatic carboxylic acids is 1. The van der Waals surface area contributed by atoms with Crippen LogP contribution in [-0.2, 0) is 4.79 Å². The van der Waals surface area contributed by atoms with Gasteiger partial charge in [0.05, 0.1) is 5.03 Å². The molecule has 7 heteroatoms. The van der Waals surface area contributed by atoms with E-state index in [-0.39, 0.29) is 5.75 Å². The minimum absolute atomic E-state index is 0.282. The van der Waals surface area contributed by atoms with E-state index in [4.69, 9.17) is 5.11 Å². The molecule has 0 aromatic heterocycles. The lowest BCUT2D eigenvalue weighted by Gasteiger charge is -2.27. The Hall–Kier alpha value is -0.240. The predicted molar refractivity (Wildman–Crippen MR) is 143 cm³/mol. The summed E-state index contributed by atoms with van der Waals surface area (Å²) < 4.78 is 2.97. The van der Waals surface area contributed by atoms with Crippen LogP contribution in [0, 0.1) is 0 Å². The third-order valence-corrected chi connectivity index (χ3v) is 8.04. The van der Waals surface area contributed by atoms with Gasteiger partial charge in [0, 0.05) is 18.8 Å². The Balaban J connectivity index is 2.00. The van der Waals surface area contributed by atoms with Gasteiger partial charge in [0.1, 0.15) is 6.04 Å². The van der Waals surface area contributed by atoms with Crippen molar-refractivity contribution in [3.05, 3.63) is 23.3 Å². The van der Waals surface area contributed by atoms with Gasteiger partial charge in [-0.1, -0.05) is 103 Å². The maximum atomic E-state index is 11.1. The monoisotopic (exact) mass is 488 g/mol. The van der Waals surface area contributed by atoms with E-state index in [1.165, 1.54) is 106 Å². The maximum absolute atomic E-state index is 11.1. The van der Waals surface area contributed by atoms with Gasteiger partial charge in [0.2, 0.25) is 0 Å². The molecule has 0 spiro atoms. The molecule has 0 bridgehead atoms. The summed E-state index contributed by atoms with van der Waals surface area (Å²) >= 11 is 4.09. The molecule has 0 aromatic rings. The summed E-state index contributed by atoms with van der Waals surface area (Å²) in [6, 6.07) is -0.625. The lowest BCUT2D eigenvalue weighted by atomic mass is 10.0. The third kappa shape index (κ3) is 15.3. The van der Waals surface area contributed by atoms with Gasteiger partial charge in [-0.2, -0.15) is 12.6 Å². The van der Waals surface area contributed by atoms with E-state index >= 15 is 0 Å². The first-order valence-corrected chi connectivity index (χ1v) is 15.0. The highest BCUT2D eigenvalue weighted by Crippen LogP contribution is 2.32. The Morgan fingerprint density at radius 2 is 1.58 bits per heavy atom. The zero-order valence-electron chi connectivity index (χ0n) is 19.4. The number of hydrogen-bond acceptors (Lipinski definition) is 6. The highest BCUT2D eigenvalue weighted by molar-refractivity contribution is 8.77. The fraction of sp³-hybridized carbons (Fsp3) is 0.792. The van der Waals surface area contributed by atoms with Crippen molar-refractivity contribution in [2.24, 2.45) is 0 Å². The van der Waals surface area contributed by atoms with Gasteiger partial charge in [-0.3, -0.25) is 4.79 Å². The van der Waals surface area contributed by atoms with Crippen molar-refractivity contribution in [1.82, 2.24) is 9.62 Å². The van der Waals surface area contributed by atoms with Crippen LogP contribution in [0.4, 0.5) is 0 Å². The Kier molecular flexibility index (Phi) is 18.9. The lowest BCUT2D eigenvalue weighted by molar-refractivity contribution is -0.138. The second-order valence-electron chi connectivity index (χ2n) is 8.33. The van der Waals surface area contributed by atoms with Crippen LogP contribution in [0.15, 0.2) is 23.3 Å². The van der Waals surface area contributed by atoms with Crippen molar-refractivity contribution < 1.29 is 9.90 Å². The number of thiol groups is 1. The molecule has 4 nitrogen and oxygen atoms in total. The van der Waals surface area contributed by atoms with E-state index in [9.17, 15) is 4.79 Å². The molecule has 2 N–H and O–H groups in total. The first-order chi connectivity index (χ1) is 15.2. The normalized spacial score (nSPS) is 14.6. The number of hydrogen-bond donors (Lipinski definition) is 3. The molecule has 0 saturated heterocycles. The van der Waals surface area contributed by atoms with Crippen LogP contribution < -0.4 is 4.72 Å². The number of nitrogens with one attached hydrogen (secondary N) is 1. The van der Waals surface area contributed by atoms with Gasteiger partial charge >= 0.3 is 5.97 Å². The van der Waals surface area contributed by atoms with Crippen molar-refractivity contribution in [3.8, 4) is 0 Å². The third-order valence-electron chi connectivity index (χ3n) is 5.59.